The quantitative estimate of drug-likeness (QED) is 0.255. The van der Waals surface area contributed by atoms with Crippen molar-refractivity contribution < 1.29 is 66.9 Å². The van der Waals surface area contributed by atoms with E-state index in [4.69, 9.17) is 4.74 Å². The molecule has 186 valence electrons. The van der Waals surface area contributed by atoms with Crippen LogP contribution in [0.1, 0.15) is 28.8 Å². The number of hydrogen-bond donors (Lipinski definition) is 0. The van der Waals surface area contributed by atoms with Crippen LogP contribution in [0.5, 0.6) is 5.75 Å². The van der Waals surface area contributed by atoms with Gasteiger partial charge in [-0.2, -0.15) is 13.2 Å². The fourth-order valence-corrected chi connectivity index (χ4v) is 4.57. The monoisotopic (exact) mass is 531 g/mol. The van der Waals surface area contributed by atoms with Crippen molar-refractivity contribution in [2.45, 2.75) is 38.1 Å². The SMILES string of the molecule is O=C(c1ccc2c(c1)sc(=O)n2CCOc1ccc(CC(OCC(F)(F)F)C(=O)[O-])cc1)C1CC1.[Na+]. The second-order valence-electron chi connectivity index (χ2n) is 8.27. The second-order valence-corrected chi connectivity index (χ2v) is 9.26. The molecule has 0 bridgehead atoms. The molecule has 1 atom stereocenters. The van der Waals surface area contributed by atoms with Crippen molar-refractivity contribution in [1.29, 1.82) is 0 Å². The van der Waals surface area contributed by atoms with Gasteiger partial charge in [0.05, 0.1) is 22.7 Å². The number of Topliss-reactive ketones (excluding diaryl/α,β-unsaturated/α-hetero) is 1. The number of aliphatic carboxylic acids is 1. The van der Waals surface area contributed by atoms with Gasteiger partial charge in [-0.05, 0) is 48.7 Å². The molecule has 1 fully saturated rings. The van der Waals surface area contributed by atoms with E-state index in [9.17, 15) is 32.7 Å². The van der Waals surface area contributed by atoms with E-state index in [1.807, 2.05) is 0 Å². The number of fused-ring (bicyclic) bond motifs is 1. The molecular formula is C24H21F3NNaO6S. The second kappa shape index (κ2) is 11.9. The van der Waals surface area contributed by atoms with Crippen molar-refractivity contribution in [2.75, 3.05) is 13.2 Å². The summed E-state index contributed by atoms with van der Waals surface area (Å²) in [5, 5.41) is 11.1. The summed E-state index contributed by atoms with van der Waals surface area (Å²) in [6.45, 7) is -1.24. The first-order chi connectivity index (χ1) is 16.6. The molecule has 1 unspecified atom stereocenters. The first-order valence-electron chi connectivity index (χ1n) is 10.9. The Bertz CT molecular complexity index is 1280. The Balaban J connectivity index is 0.00000361. The molecule has 1 heterocycles. The van der Waals surface area contributed by atoms with E-state index in [0.29, 0.717) is 16.9 Å². The number of nitrogens with zero attached hydrogens (tertiary/aromatic N) is 1. The van der Waals surface area contributed by atoms with Gasteiger partial charge in [0.2, 0.25) is 0 Å². The van der Waals surface area contributed by atoms with Crippen LogP contribution in [0.3, 0.4) is 0 Å². The van der Waals surface area contributed by atoms with Gasteiger partial charge in [-0.3, -0.25) is 14.2 Å². The summed E-state index contributed by atoms with van der Waals surface area (Å²) in [5.74, 6) is -1.07. The zero-order valence-electron chi connectivity index (χ0n) is 19.4. The summed E-state index contributed by atoms with van der Waals surface area (Å²) < 4.78 is 49.3. The van der Waals surface area contributed by atoms with Crippen LogP contribution in [-0.4, -0.2) is 41.8 Å². The largest absolute Gasteiger partial charge is 1.00 e. The maximum atomic E-state index is 12.4. The van der Waals surface area contributed by atoms with E-state index in [-0.39, 0.29) is 65.7 Å². The van der Waals surface area contributed by atoms with Gasteiger partial charge in [0.1, 0.15) is 25.1 Å². The van der Waals surface area contributed by atoms with Crippen LogP contribution in [0.15, 0.2) is 47.3 Å². The summed E-state index contributed by atoms with van der Waals surface area (Å²) in [5.41, 5.74) is 1.78. The van der Waals surface area contributed by atoms with Crippen LogP contribution >= 0.6 is 11.3 Å². The minimum atomic E-state index is -4.64. The first-order valence-corrected chi connectivity index (χ1v) is 11.7. The van der Waals surface area contributed by atoms with E-state index >= 15 is 0 Å². The molecule has 12 heteroatoms. The summed E-state index contributed by atoms with van der Waals surface area (Å²) in [7, 11) is 0. The Morgan fingerprint density at radius 2 is 1.83 bits per heavy atom. The van der Waals surface area contributed by atoms with Crippen LogP contribution in [0.25, 0.3) is 10.2 Å². The number of thiazole rings is 1. The fourth-order valence-electron chi connectivity index (χ4n) is 3.61. The summed E-state index contributed by atoms with van der Waals surface area (Å²) in [4.78, 5) is 35.6. The first kappa shape index (κ1) is 28.4. The van der Waals surface area contributed by atoms with Crippen molar-refractivity contribution in [1.82, 2.24) is 4.57 Å². The number of halogens is 3. The molecule has 1 aromatic heterocycles. The molecule has 4 rings (SSSR count). The van der Waals surface area contributed by atoms with E-state index in [1.165, 1.54) is 12.1 Å². The van der Waals surface area contributed by atoms with Crippen LogP contribution in [0, 0.1) is 5.92 Å². The predicted octanol–water partition coefficient (Wildman–Crippen LogP) is -0.0214. The topological polar surface area (TPSA) is 97.7 Å². The van der Waals surface area contributed by atoms with Gasteiger partial charge >= 0.3 is 40.6 Å². The summed E-state index contributed by atoms with van der Waals surface area (Å²) in [6.07, 6.45) is -4.84. The molecule has 7 nitrogen and oxygen atoms in total. The number of aromatic nitrogens is 1. The van der Waals surface area contributed by atoms with Gasteiger partial charge < -0.3 is 19.4 Å². The molecule has 0 radical (unpaired) electrons. The number of ether oxygens (including phenoxy) is 2. The van der Waals surface area contributed by atoms with Gasteiger partial charge in [-0.1, -0.05) is 23.5 Å². The zero-order valence-corrected chi connectivity index (χ0v) is 22.2. The molecule has 36 heavy (non-hydrogen) atoms. The molecule has 0 aliphatic heterocycles. The smallest absolute Gasteiger partial charge is 0.547 e. The third-order valence-corrected chi connectivity index (χ3v) is 6.48. The van der Waals surface area contributed by atoms with Gasteiger partial charge in [-0.25, -0.2) is 0 Å². The number of carboxylic acids is 1. The minimum absolute atomic E-state index is 0. The summed E-state index contributed by atoms with van der Waals surface area (Å²) in [6, 6.07) is 11.4. The Labute approximate surface area is 230 Å². The number of hydrogen-bond acceptors (Lipinski definition) is 7. The maximum Gasteiger partial charge on any atom is 1.00 e. The predicted molar refractivity (Wildman–Crippen MR) is 120 cm³/mol. The van der Waals surface area contributed by atoms with Crippen molar-refractivity contribution in [3.8, 4) is 5.75 Å². The Hall–Kier alpha value is -2.18. The van der Waals surface area contributed by atoms with Crippen LogP contribution in [0.2, 0.25) is 0 Å². The number of carbonyl (C=O) groups is 2. The number of carbonyl (C=O) groups excluding carboxylic acids is 2. The third kappa shape index (κ3) is 7.42. The Kier molecular flexibility index (Phi) is 9.39. The van der Waals surface area contributed by atoms with Gasteiger partial charge in [0.25, 0.3) is 0 Å². The van der Waals surface area contributed by atoms with Crippen molar-refractivity contribution in [2.24, 2.45) is 5.92 Å². The van der Waals surface area contributed by atoms with Crippen molar-refractivity contribution in [3.05, 3.63) is 63.3 Å². The number of carboxylic acid groups (broad SMARTS) is 1. The Morgan fingerprint density at radius 1 is 1.14 bits per heavy atom. The average Bonchev–Trinajstić information content (AvgIpc) is 3.60. The molecule has 1 aliphatic rings. The molecule has 1 aliphatic carbocycles. The van der Waals surface area contributed by atoms with Crippen LogP contribution < -0.4 is 44.3 Å². The van der Waals surface area contributed by atoms with E-state index in [1.54, 1.807) is 34.9 Å². The molecule has 2 aromatic carbocycles. The maximum absolute atomic E-state index is 12.4. The minimum Gasteiger partial charge on any atom is -0.547 e. The Morgan fingerprint density at radius 3 is 2.44 bits per heavy atom. The molecule has 1 saturated carbocycles. The molecule has 3 aromatic rings. The normalized spacial score (nSPS) is 14.3. The number of rotatable bonds is 11. The van der Waals surface area contributed by atoms with Gasteiger partial charge in [-0.15, -0.1) is 0 Å². The number of ketones is 1. The number of benzene rings is 2. The van der Waals surface area contributed by atoms with E-state index in [0.717, 1.165) is 34.4 Å². The average molecular weight is 531 g/mol. The zero-order chi connectivity index (χ0) is 25.2. The molecule has 0 spiro atoms. The van der Waals surface area contributed by atoms with Crippen molar-refractivity contribution >= 4 is 33.3 Å². The van der Waals surface area contributed by atoms with Gasteiger partial charge in [0.15, 0.2) is 5.78 Å². The van der Waals surface area contributed by atoms with E-state index < -0.39 is 24.9 Å². The molecule has 0 N–H and O–H groups in total. The van der Waals surface area contributed by atoms with Crippen LogP contribution in [0.4, 0.5) is 13.2 Å². The van der Waals surface area contributed by atoms with Crippen LogP contribution in [-0.2, 0) is 22.5 Å². The number of alkyl halides is 3. The standard InChI is InChI=1S/C24H22F3NO6S.Na/c25-24(26,27)13-34-19(22(30)31)11-14-1-6-17(7-2-14)33-10-9-28-18-8-5-16(21(29)15-3-4-15)12-20(18)35-23(28)32;/h1-2,5-8,12,15,19H,3-4,9-11,13H2,(H,30,31);/q;+1/p-1. The third-order valence-electron chi connectivity index (χ3n) is 5.54. The fraction of sp³-hybridized carbons (Fsp3) is 0.375. The summed E-state index contributed by atoms with van der Waals surface area (Å²) >= 11 is 1.07. The van der Waals surface area contributed by atoms with E-state index in [2.05, 4.69) is 4.74 Å². The molecule has 0 amide bonds. The molecule has 0 saturated heterocycles. The van der Waals surface area contributed by atoms with Gasteiger partial charge in [0, 0.05) is 17.9 Å². The van der Waals surface area contributed by atoms with Crippen molar-refractivity contribution in [3.63, 3.8) is 0 Å². The molecular weight excluding hydrogens is 510 g/mol.